The Kier molecular flexibility index (Phi) is 4.62. The summed E-state index contributed by atoms with van der Waals surface area (Å²) < 4.78 is 13.8. The minimum absolute atomic E-state index is 0.0582. The molecule has 1 N–H and O–H groups in total. The van der Waals surface area contributed by atoms with Gasteiger partial charge in [0.1, 0.15) is 11.6 Å². The molecule has 0 fully saturated rings. The zero-order valence-corrected chi connectivity index (χ0v) is 15.6. The Morgan fingerprint density at radius 3 is 2.70 bits per heavy atom. The van der Waals surface area contributed by atoms with Gasteiger partial charge in [0.25, 0.3) is 5.56 Å². The predicted octanol–water partition coefficient (Wildman–Crippen LogP) is 3.75. The summed E-state index contributed by atoms with van der Waals surface area (Å²) in [6.45, 7) is 5.84. The molecule has 0 amide bonds. The Morgan fingerprint density at radius 1 is 1.15 bits per heavy atom. The van der Waals surface area contributed by atoms with Crippen LogP contribution in [0.3, 0.4) is 0 Å². The molecule has 4 rings (SSSR count). The maximum absolute atomic E-state index is 13.8. The number of aryl methyl sites for hydroxylation is 1. The third-order valence-corrected chi connectivity index (χ3v) is 5.25. The fraction of sp³-hybridized carbons (Fsp3) is 0.273. The highest BCUT2D eigenvalue weighted by molar-refractivity contribution is 5.55. The zero-order valence-electron chi connectivity index (χ0n) is 15.6. The van der Waals surface area contributed by atoms with Crippen LogP contribution >= 0.6 is 0 Å². The van der Waals surface area contributed by atoms with E-state index in [9.17, 15) is 9.18 Å². The van der Waals surface area contributed by atoms with Crippen molar-refractivity contribution >= 4 is 0 Å². The van der Waals surface area contributed by atoms with Crippen molar-refractivity contribution in [2.24, 2.45) is 0 Å². The van der Waals surface area contributed by atoms with E-state index in [0.29, 0.717) is 30.9 Å². The molecule has 0 spiro atoms. The van der Waals surface area contributed by atoms with Gasteiger partial charge >= 0.3 is 0 Å². The molecule has 2 heterocycles. The van der Waals surface area contributed by atoms with Crippen LogP contribution in [0.2, 0.25) is 0 Å². The minimum atomic E-state index is -0.180. The van der Waals surface area contributed by atoms with Gasteiger partial charge in [-0.25, -0.2) is 9.37 Å². The molecule has 0 aliphatic carbocycles. The number of rotatable bonds is 3. The molecule has 0 bridgehead atoms. The van der Waals surface area contributed by atoms with Gasteiger partial charge in [-0.05, 0) is 37.5 Å². The van der Waals surface area contributed by atoms with Crippen molar-refractivity contribution in [1.29, 1.82) is 0 Å². The second-order valence-corrected chi connectivity index (χ2v) is 7.19. The van der Waals surface area contributed by atoms with E-state index in [-0.39, 0.29) is 11.4 Å². The van der Waals surface area contributed by atoms with Gasteiger partial charge in [0.05, 0.1) is 5.69 Å². The summed E-state index contributed by atoms with van der Waals surface area (Å²) in [5.74, 6) is 0.420. The van der Waals surface area contributed by atoms with Gasteiger partial charge in [-0.15, -0.1) is 0 Å². The van der Waals surface area contributed by atoms with E-state index in [1.54, 1.807) is 13.0 Å². The summed E-state index contributed by atoms with van der Waals surface area (Å²) in [7, 11) is 0. The summed E-state index contributed by atoms with van der Waals surface area (Å²) in [5.41, 5.74) is 5.24. The number of H-pyrrole nitrogens is 1. The SMILES string of the molecule is Cc1ccc(-c2nc3c(c(=O)[nH]2)CCN(Cc2cccc(F)c2C)C3)cc1. The first-order valence-corrected chi connectivity index (χ1v) is 9.17. The fourth-order valence-electron chi connectivity index (χ4n) is 3.54. The lowest BCUT2D eigenvalue weighted by Gasteiger charge is -2.28. The van der Waals surface area contributed by atoms with Crippen LogP contribution in [-0.2, 0) is 19.5 Å². The number of aromatic amines is 1. The average molecular weight is 363 g/mol. The first-order chi connectivity index (χ1) is 13.0. The second kappa shape index (κ2) is 7.08. The van der Waals surface area contributed by atoms with Crippen LogP contribution in [0.25, 0.3) is 11.4 Å². The van der Waals surface area contributed by atoms with Crippen molar-refractivity contribution in [2.75, 3.05) is 6.54 Å². The van der Waals surface area contributed by atoms with E-state index in [1.165, 1.54) is 6.07 Å². The van der Waals surface area contributed by atoms with Crippen LogP contribution < -0.4 is 5.56 Å². The van der Waals surface area contributed by atoms with Crippen LogP contribution in [0.5, 0.6) is 0 Å². The highest BCUT2D eigenvalue weighted by Gasteiger charge is 2.22. The van der Waals surface area contributed by atoms with Gasteiger partial charge in [0, 0.05) is 30.8 Å². The van der Waals surface area contributed by atoms with E-state index < -0.39 is 0 Å². The molecule has 4 nitrogen and oxygen atoms in total. The van der Waals surface area contributed by atoms with Crippen molar-refractivity contribution in [3.63, 3.8) is 0 Å². The average Bonchev–Trinajstić information content (AvgIpc) is 2.66. The van der Waals surface area contributed by atoms with E-state index in [4.69, 9.17) is 4.98 Å². The topological polar surface area (TPSA) is 49.0 Å². The standard InChI is InChI=1S/C22H22FN3O/c1-14-6-8-16(9-7-14)21-24-20-13-26(11-10-18(20)22(27)25-21)12-17-4-3-5-19(23)15(17)2/h3-9H,10-13H2,1-2H3,(H,24,25,27). The monoisotopic (exact) mass is 363 g/mol. The molecular formula is C22H22FN3O. The molecule has 3 aromatic rings. The molecule has 27 heavy (non-hydrogen) atoms. The summed E-state index contributed by atoms with van der Waals surface area (Å²) in [5, 5.41) is 0. The summed E-state index contributed by atoms with van der Waals surface area (Å²) in [4.78, 5) is 22.4. The molecular weight excluding hydrogens is 341 g/mol. The summed E-state index contributed by atoms with van der Waals surface area (Å²) >= 11 is 0. The Bertz CT molecular complexity index is 1040. The van der Waals surface area contributed by atoms with E-state index in [1.807, 2.05) is 37.3 Å². The van der Waals surface area contributed by atoms with E-state index >= 15 is 0 Å². The Labute approximate surface area is 157 Å². The maximum Gasteiger partial charge on any atom is 0.254 e. The lowest BCUT2D eigenvalue weighted by Crippen LogP contribution is -2.35. The number of aromatic nitrogens is 2. The molecule has 5 heteroatoms. The van der Waals surface area contributed by atoms with Crippen LogP contribution in [-0.4, -0.2) is 21.4 Å². The van der Waals surface area contributed by atoms with Gasteiger partial charge in [-0.2, -0.15) is 0 Å². The number of hydrogen-bond acceptors (Lipinski definition) is 3. The Hall–Kier alpha value is -2.79. The lowest BCUT2D eigenvalue weighted by molar-refractivity contribution is 0.240. The summed E-state index contributed by atoms with van der Waals surface area (Å²) in [6.07, 6.45) is 0.653. The van der Waals surface area contributed by atoms with Crippen molar-refractivity contribution in [1.82, 2.24) is 14.9 Å². The molecule has 1 aliphatic rings. The van der Waals surface area contributed by atoms with Crippen molar-refractivity contribution in [3.8, 4) is 11.4 Å². The van der Waals surface area contributed by atoms with Crippen LogP contribution in [0, 0.1) is 19.7 Å². The maximum atomic E-state index is 13.8. The number of halogens is 1. The van der Waals surface area contributed by atoms with E-state index in [0.717, 1.165) is 34.5 Å². The fourth-order valence-corrected chi connectivity index (χ4v) is 3.54. The second-order valence-electron chi connectivity index (χ2n) is 7.19. The van der Waals surface area contributed by atoms with Crippen molar-refractivity contribution in [2.45, 2.75) is 33.4 Å². The third-order valence-electron chi connectivity index (χ3n) is 5.25. The van der Waals surface area contributed by atoms with Crippen LogP contribution in [0.4, 0.5) is 4.39 Å². The van der Waals surface area contributed by atoms with Gasteiger partial charge in [-0.1, -0.05) is 42.0 Å². The van der Waals surface area contributed by atoms with Gasteiger partial charge in [0.2, 0.25) is 0 Å². The zero-order chi connectivity index (χ0) is 19.0. The van der Waals surface area contributed by atoms with Crippen LogP contribution in [0.15, 0.2) is 47.3 Å². The molecule has 0 atom stereocenters. The smallest absolute Gasteiger partial charge is 0.254 e. The van der Waals surface area contributed by atoms with Gasteiger partial charge in [-0.3, -0.25) is 9.69 Å². The number of hydrogen-bond donors (Lipinski definition) is 1. The lowest BCUT2D eigenvalue weighted by atomic mass is 10.0. The quantitative estimate of drug-likeness (QED) is 0.771. The number of benzene rings is 2. The van der Waals surface area contributed by atoms with Crippen LogP contribution in [0.1, 0.15) is 27.9 Å². The van der Waals surface area contributed by atoms with E-state index in [2.05, 4.69) is 9.88 Å². The Balaban J connectivity index is 1.62. The largest absolute Gasteiger partial charge is 0.306 e. The Morgan fingerprint density at radius 2 is 1.93 bits per heavy atom. The molecule has 0 radical (unpaired) electrons. The normalized spacial score (nSPS) is 14.2. The molecule has 1 aliphatic heterocycles. The molecule has 1 aromatic heterocycles. The van der Waals surface area contributed by atoms with Gasteiger partial charge in [0.15, 0.2) is 0 Å². The number of nitrogens with one attached hydrogen (secondary N) is 1. The first kappa shape index (κ1) is 17.6. The number of fused-ring (bicyclic) bond motifs is 1. The minimum Gasteiger partial charge on any atom is -0.306 e. The number of nitrogens with zero attached hydrogens (tertiary/aromatic N) is 2. The summed E-state index contributed by atoms with van der Waals surface area (Å²) in [6, 6.07) is 13.1. The first-order valence-electron chi connectivity index (χ1n) is 9.17. The molecule has 138 valence electrons. The van der Waals surface area contributed by atoms with Crippen molar-refractivity contribution in [3.05, 3.63) is 86.6 Å². The molecule has 0 saturated carbocycles. The molecule has 2 aromatic carbocycles. The highest BCUT2D eigenvalue weighted by atomic mass is 19.1. The van der Waals surface area contributed by atoms with Gasteiger partial charge < -0.3 is 4.98 Å². The highest BCUT2D eigenvalue weighted by Crippen LogP contribution is 2.22. The molecule has 0 unspecified atom stereocenters. The third kappa shape index (κ3) is 3.55. The molecule has 0 saturated heterocycles. The predicted molar refractivity (Wildman–Crippen MR) is 104 cm³/mol. The van der Waals surface area contributed by atoms with Crippen molar-refractivity contribution < 1.29 is 4.39 Å².